The maximum absolute atomic E-state index is 12.5. The molecular weight excluding hydrogens is 688 g/mol. The van der Waals surface area contributed by atoms with E-state index in [4.69, 9.17) is 25.8 Å². The Balaban J connectivity index is 1.19. The van der Waals surface area contributed by atoms with Crippen molar-refractivity contribution in [1.29, 1.82) is 5.26 Å². The maximum atomic E-state index is 12.5. The molecule has 6 rings (SSSR count). The molecule has 12 nitrogen and oxygen atoms in total. The van der Waals surface area contributed by atoms with Gasteiger partial charge < -0.3 is 34.4 Å². The number of β-amino-alcohol motifs (C(OH)–C–C–N with tert-alkyl or cyclic N) is 2. The van der Waals surface area contributed by atoms with E-state index in [9.17, 15) is 30.2 Å². The number of ether oxygens (including phenoxy) is 3. The van der Waals surface area contributed by atoms with E-state index in [1.807, 2.05) is 43.3 Å². The molecule has 2 saturated heterocycles. The summed E-state index contributed by atoms with van der Waals surface area (Å²) in [7, 11) is 0. The van der Waals surface area contributed by atoms with Crippen molar-refractivity contribution in [3.8, 4) is 34.4 Å². The fraction of sp³-hybridized carbons (Fsp3) is 0.333. The van der Waals surface area contributed by atoms with Gasteiger partial charge in [-0.15, -0.1) is 0 Å². The maximum Gasteiger partial charge on any atom is 0.321 e. The molecule has 1 unspecified atom stereocenters. The summed E-state index contributed by atoms with van der Waals surface area (Å²) < 4.78 is 18.3. The number of carbonyl (C=O) groups excluding carboxylic acids is 1. The molecule has 2 aliphatic heterocycles. The third-order valence-electron chi connectivity index (χ3n) is 9.33. The second-order valence-electron chi connectivity index (χ2n) is 13.0. The van der Waals surface area contributed by atoms with Gasteiger partial charge in [-0.2, -0.15) is 5.26 Å². The highest BCUT2D eigenvalue weighted by atomic mass is 35.5. The lowest BCUT2D eigenvalue weighted by atomic mass is 9.96. The average molecular weight is 727 g/mol. The van der Waals surface area contributed by atoms with E-state index in [1.54, 1.807) is 40.3 Å². The Kier molecular flexibility index (Phi) is 11.6. The van der Waals surface area contributed by atoms with Crippen molar-refractivity contribution in [3.05, 3.63) is 106 Å². The summed E-state index contributed by atoms with van der Waals surface area (Å²) in [6.07, 6.45) is 2.50. The van der Waals surface area contributed by atoms with Crippen LogP contribution in [0.15, 0.2) is 73.1 Å². The summed E-state index contributed by atoms with van der Waals surface area (Å²) in [6, 6.07) is 19.7. The third-order valence-corrected chi connectivity index (χ3v) is 9.62. The standard InChI is InChI=1S/C39H39ClN4O8/c1-24-28(5-3-7-33(24)27-4-2-6-32(11-27)50-23-38(47)43-9-8-30(45)19-43)22-52-37-14-36(51-21-26-10-25(15-41)16-42-17-26)29(12-34(37)40)18-44-20-31(46)13-35(44)39(48)49/h2-7,10-12,14,16-17,30-31,35,45-46H,8-9,13,18-23H2,1H3,(H,48,49)/t30?,31-,35-/m0/s1. The summed E-state index contributed by atoms with van der Waals surface area (Å²) in [6.45, 7) is 3.35. The summed E-state index contributed by atoms with van der Waals surface area (Å²) in [5.41, 5.74) is 5.42. The first-order valence-electron chi connectivity index (χ1n) is 16.9. The van der Waals surface area contributed by atoms with Gasteiger partial charge in [0.2, 0.25) is 0 Å². The van der Waals surface area contributed by atoms with Crippen molar-refractivity contribution < 1.29 is 39.1 Å². The van der Waals surface area contributed by atoms with Crippen molar-refractivity contribution in [1.82, 2.24) is 14.8 Å². The zero-order valence-electron chi connectivity index (χ0n) is 28.6. The number of amides is 1. The number of rotatable bonds is 13. The number of halogens is 1. The quantitative estimate of drug-likeness (QED) is 0.174. The van der Waals surface area contributed by atoms with Crippen molar-refractivity contribution in [2.24, 2.45) is 0 Å². The van der Waals surface area contributed by atoms with Crippen LogP contribution in [0.5, 0.6) is 17.2 Å². The van der Waals surface area contributed by atoms with Crippen LogP contribution in [-0.4, -0.2) is 86.5 Å². The van der Waals surface area contributed by atoms with Crippen LogP contribution in [0.25, 0.3) is 11.1 Å². The van der Waals surface area contributed by atoms with E-state index in [-0.39, 0.29) is 45.2 Å². The molecule has 3 atom stereocenters. The summed E-state index contributed by atoms with van der Waals surface area (Å²) in [4.78, 5) is 31.8. The van der Waals surface area contributed by atoms with Gasteiger partial charge in [-0.25, -0.2) is 0 Å². The van der Waals surface area contributed by atoms with Gasteiger partial charge in [-0.05, 0) is 59.9 Å². The molecule has 4 aromatic rings. The van der Waals surface area contributed by atoms with Gasteiger partial charge in [0.1, 0.15) is 42.6 Å². The van der Waals surface area contributed by atoms with Crippen LogP contribution >= 0.6 is 11.6 Å². The third kappa shape index (κ3) is 8.81. The van der Waals surface area contributed by atoms with Crippen LogP contribution in [0.3, 0.4) is 0 Å². The zero-order chi connectivity index (χ0) is 36.8. The van der Waals surface area contributed by atoms with Crippen LogP contribution < -0.4 is 14.2 Å². The Morgan fingerprint density at radius 2 is 1.77 bits per heavy atom. The number of aliphatic carboxylic acids is 1. The molecule has 0 radical (unpaired) electrons. The molecule has 2 fully saturated rings. The minimum Gasteiger partial charge on any atom is -0.488 e. The Bertz CT molecular complexity index is 1980. The summed E-state index contributed by atoms with van der Waals surface area (Å²) >= 11 is 6.76. The normalized spacial score (nSPS) is 18.6. The number of nitrogens with zero attached hydrogens (tertiary/aromatic N) is 4. The number of carboxylic acids is 1. The van der Waals surface area contributed by atoms with Gasteiger partial charge >= 0.3 is 5.97 Å². The van der Waals surface area contributed by atoms with Crippen LogP contribution in [0, 0.1) is 18.3 Å². The number of aromatic nitrogens is 1. The number of carboxylic acid groups (broad SMARTS) is 1. The smallest absolute Gasteiger partial charge is 0.321 e. The highest BCUT2D eigenvalue weighted by molar-refractivity contribution is 6.32. The molecule has 3 heterocycles. The number of hydrogen-bond acceptors (Lipinski definition) is 10. The van der Waals surface area contributed by atoms with E-state index >= 15 is 0 Å². The molecule has 13 heteroatoms. The first-order valence-corrected chi connectivity index (χ1v) is 17.3. The highest BCUT2D eigenvalue weighted by Gasteiger charge is 2.36. The number of aliphatic hydroxyl groups excluding tert-OH is 2. The molecule has 0 spiro atoms. The molecule has 0 saturated carbocycles. The Morgan fingerprint density at radius 1 is 0.962 bits per heavy atom. The van der Waals surface area contributed by atoms with E-state index in [0.29, 0.717) is 58.5 Å². The number of pyridine rings is 1. The van der Waals surface area contributed by atoms with Crippen LogP contribution in [0.2, 0.25) is 5.02 Å². The zero-order valence-corrected chi connectivity index (χ0v) is 29.3. The van der Waals surface area contributed by atoms with E-state index < -0.39 is 24.2 Å². The van der Waals surface area contributed by atoms with Crippen molar-refractivity contribution in [2.45, 2.75) is 57.8 Å². The lowest BCUT2D eigenvalue weighted by Crippen LogP contribution is -2.35. The molecular formula is C39H39ClN4O8. The van der Waals surface area contributed by atoms with Crippen LogP contribution in [-0.2, 0) is 29.3 Å². The second kappa shape index (κ2) is 16.4. The molecule has 1 aromatic heterocycles. The Labute approximate surface area is 306 Å². The molecule has 1 amide bonds. The molecule has 270 valence electrons. The monoisotopic (exact) mass is 726 g/mol. The Hall–Kier alpha value is -5.19. The van der Waals surface area contributed by atoms with Gasteiger partial charge in [-0.1, -0.05) is 41.9 Å². The van der Waals surface area contributed by atoms with Gasteiger partial charge in [0.15, 0.2) is 6.61 Å². The second-order valence-corrected chi connectivity index (χ2v) is 13.4. The predicted octanol–water partition coefficient (Wildman–Crippen LogP) is 4.73. The lowest BCUT2D eigenvalue weighted by Gasteiger charge is -2.23. The lowest BCUT2D eigenvalue weighted by molar-refractivity contribution is -0.142. The number of nitriles is 1. The van der Waals surface area contributed by atoms with Gasteiger partial charge in [0.05, 0.1) is 22.8 Å². The number of likely N-dealkylation sites (tertiary alicyclic amines) is 2. The fourth-order valence-electron chi connectivity index (χ4n) is 6.53. The average Bonchev–Trinajstić information content (AvgIpc) is 3.75. The predicted molar refractivity (Wildman–Crippen MR) is 191 cm³/mol. The van der Waals surface area contributed by atoms with Crippen LogP contribution in [0.1, 0.15) is 40.7 Å². The first-order chi connectivity index (χ1) is 25.1. The van der Waals surface area contributed by atoms with Crippen molar-refractivity contribution in [3.63, 3.8) is 0 Å². The summed E-state index contributed by atoms with van der Waals surface area (Å²) in [5, 5.41) is 39.3. The number of carbonyl (C=O) groups is 2. The van der Waals surface area contributed by atoms with Crippen molar-refractivity contribution in [2.75, 3.05) is 26.2 Å². The first kappa shape index (κ1) is 36.6. The Morgan fingerprint density at radius 3 is 2.54 bits per heavy atom. The highest BCUT2D eigenvalue weighted by Crippen LogP contribution is 2.37. The minimum atomic E-state index is -1.02. The molecule has 2 aliphatic rings. The van der Waals surface area contributed by atoms with Gasteiger partial charge in [-0.3, -0.25) is 19.5 Å². The molecule has 0 bridgehead atoms. The number of hydrogen-bond donors (Lipinski definition) is 3. The fourth-order valence-corrected chi connectivity index (χ4v) is 6.77. The van der Waals surface area contributed by atoms with Gasteiger partial charge in [0, 0.05) is 62.2 Å². The van der Waals surface area contributed by atoms with E-state index in [1.165, 1.54) is 6.20 Å². The van der Waals surface area contributed by atoms with E-state index in [2.05, 4.69) is 11.1 Å². The van der Waals surface area contributed by atoms with Crippen LogP contribution in [0.4, 0.5) is 0 Å². The molecule has 3 aromatic carbocycles. The SMILES string of the molecule is Cc1c(COc2cc(OCc3cncc(C#N)c3)c(CN3C[C@@H](O)C[C@H]3C(=O)O)cc2Cl)cccc1-c1cccc(OCC(=O)N2CCC(O)C2)c1. The van der Waals surface area contributed by atoms with Gasteiger partial charge in [0.25, 0.3) is 5.91 Å². The molecule has 3 N–H and O–H groups in total. The summed E-state index contributed by atoms with van der Waals surface area (Å²) in [5.74, 6) is 0.140. The van der Waals surface area contributed by atoms with Crippen molar-refractivity contribution >= 4 is 23.5 Å². The largest absolute Gasteiger partial charge is 0.488 e. The topological polar surface area (TPSA) is 166 Å². The molecule has 0 aliphatic carbocycles. The van der Waals surface area contributed by atoms with E-state index in [0.717, 1.165) is 22.3 Å². The molecule has 52 heavy (non-hydrogen) atoms. The minimum absolute atomic E-state index is 0.0844. The number of benzene rings is 3. The number of aliphatic hydroxyl groups is 2.